The molecule has 0 spiro atoms. The second-order valence-electron chi connectivity index (χ2n) is 7.53. The summed E-state index contributed by atoms with van der Waals surface area (Å²) in [5, 5.41) is 8.83. The summed E-state index contributed by atoms with van der Waals surface area (Å²) in [5.74, 6) is 0.845. The van der Waals surface area contributed by atoms with Crippen molar-refractivity contribution in [1.82, 2.24) is 19.7 Å². The van der Waals surface area contributed by atoms with Crippen LogP contribution < -0.4 is 4.74 Å². The highest BCUT2D eigenvalue weighted by Gasteiger charge is 2.26. The number of morpholine rings is 1. The minimum absolute atomic E-state index is 0.0770. The van der Waals surface area contributed by atoms with Crippen molar-refractivity contribution < 1.29 is 9.47 Å². The highest BCUT2D eigenvalue weighted by Crippen LogP contribution is 2.28. The number of nitrogens with zero attached hydrogens (tertiary/aromatic N) is 4. The predicted octanol–water partition coefficient (Wildman–Crippen LogP) is 3.98. The zero-order chi connectivity index (χ0) is 20.3. The molecular formula is C24H24N4O2. The lowest BCUT2D eigenvalue weighted by atomic mass is 10.1. The molecule has 0 saturated carbocycles. The van der Waals surface area contributed by atoms with Gasteiger partial charge in [0.2, 0.25) is 0 Å². The van der Waals surface area contributed by atoms with E-state index in [-0.39, 0.29) is 6.10 Å². The van der Waals surface area contributed by atoms with Crippen molar-refractivity contribution in [1.29, 1.82) is 0 Å². The van der Waals surface area contributed by atoms with Crippen LogP contribution in [0.1, 0.15) is 17.4 Å². The Morgan fingerprint density at radius 2 is 1.80 bits per heavy atom. The Bertz CT molecular complexity index is 1130. The first-order chi connectivity index (χ1) is 14.8. The molecule has 1 aliphatic rings. The molecule has 1 fully saturated rings. The largest absolute Gasteiger partial charge is 0.497 e. The molecule has 0 bridgehead atoms. The van der Waals surface area contributed by atoms with E-state index in [0.29, 0.717) is 6.61 Å². The maximum atomic E-state index is 6.07. The normalized spacial score (nSPS) is 17.3. The van der Waals surface area contributed by atoms with Gasteiger partial charge in [-0.15, -0.1) is 5.10 Å². The third kappa shape index (κ3) is 3.79. The molecule has 4 aromatic rings. The Labute approximate surface area is 175 Å². The zero-order valence-electron chi connectivity index (χ0n) is 16.9. The standard InChI is InChI=1S/C24H24N4O2/c1-29-21-10-7-19(8-11-21)20-9-12-22-24(25-26-28(22)16-20)23-17-27(13-14-30-23)15-18-5-3-2-4-6-18/h2-12,16,23H,13-15,17H2,1H3/t23-/m0/s1. The lowest BCUT2D eigenvalue weighted by molar-refractivity contribution is -0.0343. The second kappa shape index (κ2) is 8.26. The van der Waals surface area contributed by atoms with Crippen molar-refractivity contribution in [2.45, 2.75) is 12.6 Å². The number of hydrogen-bond donors (Lipinski definition) is 0. The first-order valence-corrected chi connectivity index (χ1v) is 10.2. The van der Waals surface area contributed by atoms with E-state index in [9.17, 15) is 0 Å². The van der Waals surface area contributed by atoms with Crippen molar-refractivity contribution in [2.24, 2.45) is 0 Å². The average Bonchev–Trinajstić information content (AvgIpc) is 3.23. The van der Waals surface area contributed by atoms with Gasteiger partial charge < -0.3 is 9.47 Å². The van der Waals surface area contributed by atoms with Gasteiger partial charge in [-0.05, 0) is 29.3 Å². The van der Waals surface area contributed by atoms with Crippen LogP contribution in [0.25, 0.3) is 16.6 Å². The van der Waals surface area contributed by atoms with E-state index < -0.39 is 0 Å². The van der Waals surface area contributed by atoms with Crippen LogP contribution in [-0.4, -0.2) is 46.5 Å². The van der Waals surface area contributed by atoms with Crippen LogP contribution >= 0.6 is 0 Å². The molecule has 0 amide bonds. The van der Waals surface area contributed by atoms with Crippen LogP contribution in [0.15, 0.2) is 72.9 Å². The van der Waals surface area contributed by atoms with Crippen molar-refractivity contribution in [3.8, 4) is 16.9 Å². The van der Waals surface area contributed by atoms with Crippen molar-refractivity contribution in [3.05, 3.63) is 84.2 Å². The van der Waals surface area contributed by atoms with Gasteiger partial charge in [-0.25, -0.2) is 4.52 Å². The SMILES string of the molecule is COc1ccc(-c2ccc3c([C@@H]4CN(Cc5ccccc5)CCO4)nnn3c2)cc1. The summed E-state index contributed by atoms with van der Waals surface area (Å²) >= 11 is 0. The lowest BCUT2D eigenvalue weighted by Gasteiger charge is -2.32. The highest BCUT2D eigenvalue weighted by atomic mass is 16.5. The fraction of sp³-hybridized carbons (Fsp3) is 0.250. The van der Waals surface area contributed by atoms with Gasteiger partial charge in [0.05, 0.1) is 19.2 Å². The molecule has 30 heavy (non-hydrogen) atoms. The number of hydrogen-bond acceptors (Lipinski definition) is 5. The van der Waals surface area contributed by atoms with Crippen LogP contribution in [0.3, 0.4) is 0 Å². The highest BCUT2D eigenvalue weighted by molar-refractivity contribution is 5.66. The molecular weight excluding hydrogens is 376 g/mol. The molecule has 6 nitrogen and oxygen atoms in total. The number of pyridine rings is 1. The Kier molecular flexibility index (Phi) is 5.17. The smallest absolute Gasteiger partial charge is 0.121 e. The molecule has 3 heterocycles. The minimum atomic E-state index is -0.0770. The molecule has 2 aromatic carbocycles. The van der Waals surface area contributed by atoms with Gasteiger partial charge in [0, 0.05) is 31.4 Å². The fourth-order valence-electron chi connectivity index (χ4n) is 3.95. The van der Waals surface area contributed by atoms with Gasteiger partial charge in [-0.2, -0.15) is 0 Å². The maximum absolute atomic E-state index is 6.07. The summed E-state index contributed by atoms with van der Waals surface area (Å²) in [7, 11) is 1.67. The summed E-state index contributed by atoms with van der Waals surface area (Å²) in [6.07, 6.45) is 1.94. The first kappa shape index (κ1) is 18.8. The topological polar surface area (TPSA) is 51.9 Å². The van der Waals surface area contributed by atoms with Gasteiger partial charge in [-0.3, -0.25) is 4.90 Å². The third-order valence-corrected chi connectivity index (χ3v) is 5.57. The van der Waals surface area contributed by atoms with Crippen LogP contribution in [0.4, 0.5) is 0 Å². The molecule has 0 N–H and O–H groups in total. The molecule has 0 unspecified atom stereocenters. The molecule has 1 atom stereocenters. The molecule has 1 saturated heterocycles. The predicted molar refractivity (Wildman–Crippen MR) is 115 cm³/mol. The Morgan fingerprint density at radius 3 is 2.60 bits per heavy atom. The summed E-state index contributed by atoms with van der Waals surface area (Å²) in [6.45, 7) is 3.34. The summed E-state index contributed by atoms with van der Waals surface area (Å²) in [4.78, 5) is 2.42. The number of rotatable bonds is 5. The molecule has 0 aliphatic carbocycles. The average molecular weight is 400 g/mol. The third-order valence-electron chi connectivity index (χ3n) is 5.57. The molecule has 152 valence electrons. The van der Waals surface area contributed by atoms with Gasteiger partial charge in [0.15, 0.2) is 0 Å². The Hall–Kier alpha value is -3.22. The quantitative estimate of drug-likeness (QED) is 0.507. The van der Waals surface area contributed by atoms with Crippen LogP contribution in [0.2, 0.25) is 0 Å². The van der Waals surface area contributed by atoms with Crippen molar-refractivity contribution in [2.75, 3.05) is 26.8 Å². The summed E-state index contributed by atoms with van der Waals surface area (Å²) < 4.78 is 13.2. The van der Waals surface area contributed by atoms with E-state index in [4.69, 9.17) is 9.47 Å². The lowest BCUT2D eigenvalue weighted by Crippen LogP contribution is -2.38. The van der Waals surface area contributed by atoms with Gasteiger partial charge in [-0.1, -0.05) is 53.7 Å². The molecule has 2 aromatic heterocycles. The second-order valence-corrected chi connectivity index (χ2v) is 7.53. The van der Waals surface area contributed by atoms with E-state index in [1.165, 1.54) is 5.56 Å². The maximum Gasteiger partial charge on any atom is 0.121 e. The van der Waals surface area contributed by atoms with E-state index in [1.807, 2.05) is 35.0 Å². The van der Waals surface area contributed by atoms with Crippen molar-refractivity contribution in [3.63, 3.8) is 0 Å². The summed E-state index contributed by atoms with van der Waals surface area (Å²) in [5.41, 5.74) is 5.39. The number of aromatic nitrogens is 3. The molecule has 6 heteroatoms. The number of methoxy groups -OCH3 is 1. The van der Waals surface area contributed by atoms with Crippen LogP contribution in [0.5, 0.6) is 5.75 Å². The minimum Gasteiger partial charge on any atom is -0.497 e. The van der Waals surface area contributed by atoms with Crippen LogP contribution in [0, 0.1) is 0 Å². The fourth-order valence-corrected chi connectivity index (χ4v) is 3.95. The number of benzene rings is 2. The number of ether oxygens (including phenoxy) is 2. The first-order valence-electron chi connectivity index (χ1n) is 10.2. The van der Waals surface area contributed by atoms with Gasteiger partial charge in [0.1, 0.15) is 17.5 Å². The van der Waals surface area contributed by atoms with E-state index in [1.54, 1.807) is 7.11 Å². The molecule has 0 radical (unpaired) electrons. The Morgan fingerprint density at radius 1 is 1.00 bits per heavy atom. The van der Waals surface area contributed by atoms with Crippen LogP contribution in [-0.2, 0) is 11.3 Å². The van der Waals surface area contributed by atoms with Crippen molar-refractivity contribution >= 4 is 5.52 Å². The summed E-state index contributed by atoms with van der Waals surface area (Å²) in [6, 6.07) is 22.7. The van der Waals surface area contributed by atoms with Gasteiger partial charge >= 0.3 is 0 Å². The van der Waals surface area contributed by atoms with E-state index in [0.717, 1.165) is 47.7 Å². The molecule has 5 rings (SSSR count). The number of fused-ring (bicyclic) bond motifs is 1. The zero-order valence-corrected chi connectivity index (χ0v) is 16.9. The van der Waals surface area contributed by atoms with Gasteiger partial charge in [0.25, 0.3) is 0 Å². The van der Waals surface area contributed by atoms with E-state index in [2.05, 4.69) is 57.7 Å². The monoisotopic (exact) mass is 400 g/mol. The van der Waals surface area contributed by atoms with E-state index >= 15 is 0 Å². The molecule has 1 aliphatic heterocycles. The Balaban J connectivity index is 1.36.